The van der Waals surface area contributed by atoms with E-state index in [1.807, 2.05) is 6.07 Å². The Hall–Kier alpha value is -0.620. The lowest BCUT2D eigenvalue weighted by atomic mass is 10.2. The van der Waals surface area contributed by atoms with E-state index in [9.17, 15) is 0 Å². The Labute approximate surface area is 132 Å². The van der Waals surface area contributed by atoms with Crippen LogP contribution in [-0.2, 0) is 6.54 Å². The minimum absolute atomic E-state index is 0.357. The summed E-state index contributed by atoms with van der Waals surface area (Å²) in [6.45, 7) is 4.21. The van der Waals surface area contributed by atoms with Crippen LogP contribution in [-0.4, -0.2) is 24.5 Å². The molecule has 3 heterocycles. The summed E-state index contributed by atoms with van der Waals surface area (Å²) in [4.78, 5) is 3.88. The number of hydrogen-bond acceptors (Lipinski definition) is 4. The maximum Gasteiger partial charge on any atom is 0.122 e. The molecular weight excluding hydrogens is 336 g/mol. The molecule has 1 atom stereocenters. The fourth-order valence-corrected chi connectivity index (χ4v) is 4.18. The van der Waals surface area contributed by atoms with E-state index in [0.29, 0.717) is 6.04 Å². The monoisotopic (exact) mass is 354 g/mol. The molecule has 1 N–H and O–H groups in total. The zero-order chi connectivity index (χ0) is 13.8. The molecule has 0 unspecified atom stereocenters. The van der Waals surface area contributed by atoms with Gasteiger partial charge in [0.2, 0.25) is 0 Å². The van der Waals surface area contributed by atoms with Crippen LogP contribution in [0.25, 0.3) is 0 Å². The van der Waals surface area contributed by atoms with Crippen molar-refractivity contribution in [3.8, 4) is 0 Å². The highest BCUT2D eigenvalue weighted by Gasteiger charge is 2.25. The fraction of sp³-hybridized carbons (Fsp3) is 0.467. The van der Waals surface area contributed by atoms with Gasteiger partial charge in [-0.15, -0.1) is 11.3 Å². The number of likely N-dealkylation sites (tertiary alicyclic amines) is 1. The molecule has 2 aromatic heterocycles. The number of hydrogen-bond donors (Lipinski definition) is 1. The first-order valence-corrected chi connectivity index (χ1v) is 8.66. The topological polar surface area (TPSA) is 28.4 Å². The average molecular weight is 355 g/mol. The van der Waals surface area contributed by atoms with Crippen molar-refractivity contribution in [3.63, 3.8) is 0 Å². The van der Waals surface area contributed by atoms with Crippen molar-refractivity contribution in [2.75, 3.05) is 19.6 Å². The molecule has 1 aliphatic rings. The van der Waals surface area contributed by atoms with Crippen molar-refractivity contribution >= 4 is 27.3 Å². The summed E-state index contributed by atoms with van der Waals surface area (Å²) in [6.07, 6.45) is 4.37. The molecule has 3 nitrogen and oxygen atoms in total. The minimum atomic E-state index is 0.357. The Bertz CT molecular complexity index is 520. The van der Waals surface area contributed by atoms with Crippen molar-refractivity contribution in [3.05, 3.63) is 45.0 Å². The lowest BCUT2D eigenvalue weighted by molar-refractivity contribution is 0.209. The summed E-state index contributed by atoms with van der Waals surface area (Å²) in [5, 5.41) is 3.57. The second-order valence-electron chi connectivity index (χ2n) is 5.11. The molecule has 2 aromatic rings. The molecular formula is C15H19BrN2OS. The normalized spacial score (nSPS) is 17.6. The van der Waals surface area contributed by atoms with Gasteiger partial charge in [-0.2, -0.15) is 0 Å². The predicted octanol–water partition coefficient (Wildman–Crippen LogP) is 4.03. The molecule has 0 bridgehead atoms. The summed E-state index contributed by atoms with van der Waals surface area (Å²) < 4.78 is 6.82. The highest BCUT2D eigenvalue weighted by Crippen LogP contribution is 2.25. The minimum Gasteiger partial charge on any atom is -0.468 e. The van der Waals surface area contributed by atoms with E-state index in [0.717, 1.165) is 18.8 Å². The third kappa shape index (κ3) is 3.52. The van der Waals surface area contributed by atoms with Crippen LogP contribution < -0.4 is 5.32 Å². The van der Waals surface area contributed by atoms with Gasteiger partial charge in [-0.25, -0.2) is 0 Å². The van der Waals surface area contributed by atoms with Gasteiger partial charge in [0.25, 0.3) is 0 Å². The van der Waals surface area contributed by atoms with Crippen LogP contribution in [0.4, 0.5) is 0 Å². The van der Waals surface area contributed by atoms with Crippen LogP contribution in [0.1, 0.15) is 29.5 Å². The van der Waals surface area contributed by atoms with E-state index in [1.54, 1.807) is 17.6 Å². The first-order chi connectivity index (χ1) is 9.83. The first-order valence-electron chi connectivity index (χ1n) is 7.05. The molecule has 0 amide bonds. The average Bonchev–Trinajstić information content (AvgIpc) is 3.18. The van der Waals surface area contributed by atoms with E-state index in [1.165, 1.54) is 34.6 Å². The van der Waals surface area contributed by atoms with Gasteiger partial charge < -0.3 is 9.73 Å². The number of rotatable bonds is 6. The van der Waals surface area contributed by atoms with Gasteiger partial charge in [0, 0.05) is 18.0 Å². The first kappa shape index (κ1) is 14.3. The second kappa shape index (κ2) is 6.89. The van der Waals surface area contributed by atoms with Crippen molar-refractivity contribution in [2.24, 2.45) is 0 Å². The summed E-state index contributed by atoms with van der Waals surface area (Å²) in [5.74, 6) is 1.08. The molecule has 20 heavy (non-hydrogen) atoms. The largest absolute Gasteiger partial charge is 0.468 e. The molecule has 1 aliphatic heterocycles. The lowest BCUT2D eigenvalue weighted by Crippen LogP contribution is -2.33. The van der Waals surface area contributed by atoms with Gasteiger partial charge in [0.1, 0.15) is 5.76 Å². The third-order valence-electron chi connectivity index (χ3n) is 3.72. The predicted molar refractivity (Wildman–Crippen MR) is 86.0 cm³/mol. The highest BCUT2D eigenvalue weighted by molar-refractivity contribution is 9.11. The Kier molecular flexibility index (Phi) is 4.94. The van der Waals surface area contributed by atoms with Crippen molar-refractivity contribution in [2.45, 2.75) is 25.4 Å². The molecule has 1 fully saturated rings. The Morgan fingerprint density at radius 3 is 2.80 bits per heavy atom. The highest BCUT2D eigenvalue weighted by atomic mass is 79.9. The Balaban J connectivity index is 1.58. The van der Waals surface area contributed by atoms with Crippen LogP contribution in [0, 0.1) is 0 Å². The van der Waals surface area contributed by atoms with Crippen molar-refractivity contribution in [1.29, 1.82) is 0 Å². The smallest absolute Gasteiger partial charge is 0.122 e. The number of furan rings is 1. The van der Waals surface area contributed by atoms with Gasteiger partial charge in [-0.3, -0.25) is 4.90 Å². The van der Waals surface area contributed by atoms with Crippen molar-refractivity contribution < 1.29 is 4.42 Å². The number of thiophene rings is 1. The van der Waals surface area contributed by atoms with Crippen LogP contribution in [0.3, 0.4) is 0 Å². The Morgan fingerprint density at radius 2 is 2.15 bits per heavy atom. The fourth-order valence-electron chi connectivity index (χ4n) is 2.72. The molecule has 0 radical (unpaired) electrons. The van der Waals surface area contributed by atoms with Gasteiger partial charge >= 0.3 is 0 Å². The zero-order valence-corrected chi connectivity index (χ0v) is 13.8. The van der Waals surface area contributed by atoms with Crippen LogP contribution in [0.15, 0.2) is 38.7 Å². The molecule has 0 saturated carbocycles. The molecule has 3 rings (SSSR count). The molecule has 108 valence electrons. The van der Waals surface area contributed by atoms with Gasteiger partial charge in [0.15, 0.2) is 0 Å². The number of nitrogens with one attached hydrogen (secondary N) is 1. The number of nitrogens with zero attached hydrogens (tertiary/aromatic N) is 1. The molecule has 1 saturated heterocycles. The van der Waals surface area contributed by atoms with E-state index in [-0.39, 0.29) is 0 Å². The lowest BCUT2D eigenvalue weighted by Gasteiger charge is -2.26. The third-order valence-corrected chi connectivity index (χ3v) is 5.34. The van der Waals surface area contributed by atoms with Gasteiger partial charge in [-0.05, 0) is 66.1 Å². The van der Waals surface area contributed by atoms with E-state index >= 15 is 0 Å². The number of halogens is 1. The van der Waals surface area contributed by atoms with Crippen LogP contribution in [0.5, 0.6) is 0 Å². The van der Waals surface area contributed by atoms with E-state index < -0.39 is 0 Å². The van der Waals surface area contributed by atoms with E-state index in [4.69, 9.17) is 4.42 Å². The summed E-state index contributed by atoms with van der Waals surface area (Å²) in [5.41, 5.74) is 0. The van der Waals surface area contributed by atoms with Crippen LogP contribution in [0.2, 0.25) is 0 Å². The maximum absolute atomic E-state index is 5.63. The van der Waals surface area contributed by atoms with Crippen LogP contribution >= 0.6 is 27.3 Å². The van der Waals surface area contributed by atoms with Crippen molar-refractivity contribution in [1.82, 2.24) is 10.2 Å². The quantitative estimate of drug-likeness (QED) is 0.848. The van der Waals surface area contributed by atoms with Gasteiger partial charge in [-0.1, -0.05) is 0 Å². The molecule has 0 aliphatic carbocycles. The SMILES string of the molecule is Brc1ccc(CNC[C@@H](c2ccco2)N2CCCC2)s1. The molecule has 0 aromatic carbocycles. The van der Waals surface area contributed by atoms with E-state index in [2.05, 4.69) is 44.3 Å². The standard InChI is InChI=1S/C15H19BrN2OS/c16-15-6-5-12(20-15)10-17-11-13(14-4-3-9-19-14)18-7-1-2-8-18/h3-6,9,13,17H,1-2,7-8,10-11H2/t13-/m0/s1. The summed E-state index contributed by atoms with van der Waals surface area (Å²) >= 11 is 5.29. The Morgan fingerprint density at radius 1 is 1.30 bits per heavy atom. The molecule has 5 heteroatoms. The molecule has 0 spiro atoms. The zero-order valence-electron chi connectivity index (χ0n) is 11.3. The van der Waals surface area contributed by atoms with Gasteiger partial charge in [0.05, 0.1) is 16.1 Å². The second-order valence-corrected chi connectivity index (χ2v) is 7.66. The summed E-state index contributed by atoms with van der Waals surface area (Å²) in [7, 11) is 0. The maximum atomic E-state index is 5.63. The summed E-state index contributed by atoms with van der Waals surface area (Å²) in [6, 6.07) is 8.70.